The number of nitrogen functional groups attached to an aromatic ring is 1. The first-order valence-corrected chi connectivity index (χ1v) is 15.2. The lowest BCUT2D eigenvalue weighted by Crippen LogP contribution is -2.46. The van der Waals surface area contributed by atoms with E-state index in [1.54, 1.807) is 32.9 Å². The number of aliphatic hydroxyl groups excluding tert-OH is 1. The highest BCUT2D eigenvalue weighted by Crippen LogP contribution is 2.47. The van der Waals surface area contributed by atoms with Gasteiger partial charge in [-0.3, -0.25) is 9.36 Å². The molecule has 6 atom stereocenters. The number of carbonyl (C=O) groups is 1. The van der Waals surface area contributed by atoms with Crippen molar-refractivity contribution in [3.8, 4) is 5.75 Å². The van der Waals surface area contributed by atoms with E-state index in [9.17, 15) is 19.8 Å². The molecule has 0 saturated carbocycles. The van der Waals surface area contributed by atoms with Gasteiger partial charge in [-0.1, -0.05) is 30.3 Å². The van der Waals surface area contributed by atoms with Gasteiger partial charge in [0.2, 0.25) is 0 Å². The molecule has 0 spiro atoms. The topological polar surface area (TPSA) is 167 Å². The van der Waals surface area contributed by atoms with E-state index in [-0.39, 0.29) is 18.5 Å². The lowest BCUT2D eigenvalue weighted by Gasteiger charge is -2.28. The molecule has 40 heavy (non-hydrogen) atoms. The Bertz CT molecular complexity index is 1480. The van der Waals surface area contributed by atoms with Gasteiger partial charge >= 0.3 is 18.3 Å². The van der Waals surface area contributed by atoms with Crippen molar-refractivity contribution in [3.05, 3.63) is 65.2 Å². The average molecular weight is 593 g/mol. The smallest absolute Gasteiger partial charge is 0.351 e. The van der Waals surface area contributed by atoms with Crippen LogP contribution in [0.15, 0.2) is 59.5 Å². The van der Waals surface area contributed by atoms with Gasteiger partial charge in [0.1, 0.15) is 35.4 Å². The van der Waals surface area contributed by atoms with Crippen molar-refractivity contribution >= 4 is 41.0 Å². The van der Waals surface area contributed by atoms with Crippen LogP contribution in [0.2, 0.25) is 0 Å². The lowest BCUT2D eigenvalue weighted by molar-refractivity contribution is -0.149. The molecule has 0 bridgehead atoms. The number of nitrogens with zero attached hydrogens (tertiary/aromatic N) is 2. The van der Waals surface area contributed by atoms with Gasteiger partial charge < -0.3 is 34.5 Å². The number of ether oxygens (including phenoxy) is 2. The summed E-state index contributed by atoms with van der Waals surface area (Å²) < 4.78 is 24.3. The molecule has 1 saturated heterocycles. The molecule has 1 aliphatic rings. The Morgan fingerprint density at radius 2 is 1.95 bits per heavy atom. The summed E-state index contributed by atoms with van der Waals surface area (Å²) >= 11 is 5.77. The molecule has 5 N–H and O–H groups in total. The minimum atomic E-state index is -3.49. The van der Waals surface area contributed by atoms with Crippen molar-refractivity contribution in [2.75, 3.05) is 12.3 Å². The molecular weight excluding hydrogens is 559 g/mol. The lowest BCUT2D eigenvalue weighted by atomic mass is 9.96. The van der Waals surface area contributed by atoms with Crippen molar-refractivity contribution in [3.63, 3.8) is 0 Å². The highest BCUT2D eigenvalue weighted by Gasteiger charge is 2.54. The number of anilines is 1. The fraction of sp³-hybridized carbons (Fsp3) is 0.423. The Kier molecular flexibility index (Phi) is 8.96. The fourth-order valence-electron chi connectivity index (χ4n) is 4.23. The highest BCUT2D eigenvalue weighted by molar-refractivity contribution is 8.09. The second-order valence-electron chi connectivity index (χ2n) is 9.97. The number of carbonyl (C=O) groups excluding carboxylic acids is 1. The number of aliphatic hydroxyl groups is 2. The Morgan fingerprint density at radius 1 is 1.25 bits per heavy atom. The Balaban J connectivity index is 1.57. The molecule has 3 aromatic rings. The zero-order valence-corrected chi connectivity index (χ0v) is 24.2. The quantitative estimate of drug-likeness (QED) is 0.201. The molecule has 2 heterocycles. The van der Waals surface area contributed by atoms with Crippen LogP contribution in [-0.2, 0) is 30.6 Å². The summed E-state index contributed by atoms with van der Waals surface area (Å²) in [6.07, 6.45) is -2.91. The van der Waals surface area contributed by atoms with E-state index in [1.807, 2.05) is 30.3 Å². The summed E-state index contributed by atoms with van der Waals surface area (Å²) in [5, 5.41) is 26.8. The zero-order chi connectivity index (χ0) is 29.2. The number of nitrogens with one attached hydrogen (secondary N) is 1. The molecule has 0 radical (unpaired) electrons. The molecule has 1 unspecified atom stereocenters. The van der Waals surface area contributed by atoms with Crippen LogP contribution in [0.5, 0.6) is 5.75 Å². The number of hydrogen-bond donors (Lipinski definition) is 4. The molecule has 1 fully saturated rings. The molecule has 0 aliphatic carbocycles. The van der Waals surface area contributed by atoms with E-state index in [4.69, 9.17) is 36.1 Å². The maximum atomic E-state index is 12.5. The monoisotopic (exact) mass is 592 g/mol. The minimum absolute atomic E-state index is 0.00189. The van der Waals surface area contributed by atoms with Gasteiger partial charge in [0.15, 0.2) is 6.23 Å². The summed E-state index contributed by atoms with van der Waals surface area (Å²) in [5.74, 6) is -0.149. The van der Waals surface area contributed by atoms with Crippen LogP contribution >= 0.6 is 6.64 Å². The van der Waals surface area contributed by atoms with Gasteiger partial charge in [0.05, 0.1) is 12.7 Å². The number of hydrogen-bond acceptors (Lipinski definition) is 11. The predicted octanol–water partition coefficient (Wildman–Crippen LogP) is 2.24. The number of rotatable bonds is 10. The van der Waals surface area contributed by atoms with E-state index in [0.717, 1.165) is 15.3 Å². The molecule has 14 heteroatoms. The van der Waals surface area contributed by atoms with Crippen LogP contribution in [0.1, 0.15) is 33.9 Å². The molecule has 2 aromatic carbocycles. The third-order valence-corrected chi connectivity index (χ3v) is 8.77. The number of fused-ring (bicyclic) bond motifs is 1. The maximum Gasteiger partial charge on any atom is 0.351 e. The van der Waals surface area contributed by atoms with Gasteiger partial charge in [0, 0.05) is 6.20 Å². The SMILES string of the molecule is CC(C)OC(=O)[C@H](C)NP(=S)(OC[C@H]1O[C@@H](n2ccc(N)nc2=O)[C@](C)(O)[C@@H]1O)Oc1ccc2ccccc2c1. The molecule has 216 valence electrons. The van der Waals surface area contributed by atoms with E-state index < -0.39 is 48.4 Å². The number of benzene rings is 2. The van der Waals surface area contributed by atoms with Crippen LogP contribution in [0.3, 0.4) is 0 Å². The summed E-state index contributed by atoms with van der Waals surface area (Å²) in [6.45, 7) is 2.53. The third kappa shape index (κ3) is 6.69. The van der Waals surface area contributed by atoms with Crippen molar-refractivity contribution in [1.82, 2.24) is 14.6 Å². The summed E-state index contributed by atoms with van der Waals surface area (Å²) in [4.78, 5) is 28.6. The molecular formula is C26H33N4O8PS. The highest BCUT2D eigenvalue weighted by atomic mass is 32.5. The zero-order valence-electron chi connectivity index (χ0n) is 22.5. The van der Waals surface area contributed by atoms with Gasteiger partial charge in [-0.15, -0.1) is 0 Å². The van der Waals surface area contributed by atoms with Crippen LogP contribution in [-0.4, -0.2) is 62.3 Å². The van der Waals surface area contributed by atoms with Crippen LogP contribution in [0.4, 0.5) is 5.82 Å². The third-order valence-electron chi connectivity index (χ3n) is 6.27. The van der Waals surface area contributed by atoms with Crippen molar-refractivity contribution in [2.24, 2.45) is 0 Å². The summed E-state index contributed by atoms with van der Waals surface area (Å²) in [7, 11) is 0. The maximum absolute atomic E-state index is 12.5. The largest absolute Gasteiger partial charge is 0.462 e. The number of nitrogens with two attached hydrogens (primary N) is 1. The second-order valence-corrected chi connectivity index (χ2v) is 13.1. The first kappa shape index (κ1) is 30.1. The van der Waals surface area contributed by atoms with E-state index >= 15 is 0 Å². The van der Waals surface area contributed by atoms with Crippen LogP contribution in [0, 0.1) is 0 Å². The van der Waals surface area contributed by atoms with Crippen molar-refractivity contribution < 1.29 is 33.5 Å². The first-order chi connectivity index (χ1) is 18.8. The second kappa shape index (κ2) is 11.9. The van der Waals surface area contributed by atoms with Crippen LogP contribution < -0.4 is 21.0 Å². The Labute approximate surface area is 236 Å². The van der Waals surface area contributed by atoms with Crippen molar-refractivity contribution in [1.29, 1.82) is 0 Å². The molecule has 1 aromatic heterocycles. The van der Waals surface area contributed by atoms with Gasteiger partial charge in [-0.05, 0) is 68.5 Å². The number of aromatic nitrogens is 2. The summed E-state index contributed by atoms with van der Waals surface area (Å²) in [5.41, 5.74) is 2.92. The van der Waals surface area contributed by atoms with Crippen molar-refractivity contribution in [2.45, 2.75) is 63.9 Å². The van der Waals surface area contributed by atoms with E-state index in [1.165, 1.54) is 19.2 Å². The summed E-state index contributed by atoms with van der Waals surface area (Å²) in [6, 6.07) is 13.6. The van der Waals surface area contributed by atoms with Crippen LogP contribution in [0.25, 0.3) is 10.8 Å². The molecule has 1 aliphatic heterocycles. The van der Waals surface area contributed by atoms with Gasteiger partial charge in [-0.25, -0.2) is 9.88 Å². The Morgan fingerprint density at radius 3 is 2.62 bits per heavy atom. The normalized spacial score (nSPS) is 25.0. The fourth-order valence-corrected chi connectivity index (χ4v) is 6.64. The Hall–Kier alpha value is -2.90. The average Bonchev–Trinajstić information content (AvgIpc) is 3.10. The number of esters is 1. The predicted molar refractivity (Wildman–Crippen MR) is 152 cm³/mol. The standard InChI is InChI=1S/C26H33N4O8PS/c1-15(2)36-23(32)16(3)29-39(40,38-19-10-9-17-7-5-6-8-18(17)13-19)35-14-20-22(31)26(4,34)24(37-20)30-12-11-21(27)28-25(30)33/h5-13,15-16,20,22,24,31,34H,14H2,1-4H3,(H,29,40)(H2,27,28,33)/t16-,20+,22+,24+,26+,39?/m0/s1. The van der Waals surface area contributed by atoms with Gasteiger partial charge in [0.25, 0.3) is 0 Å². The van der Waals surface area contributed by atoms with Gasteiger partial charge in [-0.2, -0.15) is 4.98 Å². The minimum Gasteiger partial charge on any atom is -0.462 e. The first-order valence-electron chi connectivity index (χ1n) is 12.6. The molecule has 4 rings (SSSR count). The van der Waals surface area contributed by atoms with E-state index in [0.29, 0.717) is 5.75 Å². The van der Waals surface area contributed by atoms with E-state index in [2.05, 4.69) is 10.1 Å². The molecule has 0 amide bonds. The molecule has 12 nitrogen and oxygen atoms in total.